The van der Waals surface area contributed by atoms with Crippen LogP contribution in [0.15, 0.2) is 18.3 Å². The summed E-state index contributed by atoms with van der Waals surface area (Å²) >= 11 is 0. The maximum Gasteiger partial charge on any atom is 0.407 e. The standard InChI is InChI=1S/C24H48N2O5.C8H10N2O/c1-3-4-5-6-7-8-9-10-11-12-13-14-15-16-17-18-19-26-24(28)31-21-22(29-2)20-30-23(25)27;1-2-6-4-3-5-10-7(6)8(9)11/h22H,3-21H2,1-2H3,(H2,25,27)(H,26,28);3-5H,2H2,1H3,(H2,9,11). The van der Waals surface area contributed by atoms with Gasteiger partial charge in [0, 0.05) is 19.9 Å². The van der Waals surface area contributed by atoms with E-state index in [0.29, 0.717) is 12.2 Å². The van der Waals surface area contributed by atoms with Crippen LogP contribution in [0.5, 0.6) is 0 Å². The molecule has 0 saturated heterocycles. The number of nitrogens with one attached hydrogen (secondary N) is 1. The molecule has 3 amide bonds. The number of ether oxygens (including phenoxy) is 3. The molecule has 0 spiro atoms. The SMILES string of the molecule is CCCCCCCCCCCCCCCCCCNC(=O)OCC(COC(N)=O)OC.CCc1cccnc1C(N)=O. The minimum Gasteiger partial charge on any atom is -0.447 e. The Kier molecular flexibility index (Phi) is 26.3. The maximum absolute atomic E-state index is 11.6. The number of pyridine rings is 1. The average molecular weight is 595 g/mol. The molecule has 1 atom stereocenters. The lowest BCUT2D eigenvalue weighted by molar-refractivity contribution is -0.00291. The van der Waals surface area contributed by atoms with E-state index in [0.717, 1.165) is 24.8 Å². The summed E-state index contributed by atoms with van der Waals surface area (Å²) in [5, 5.41) is 2.73. The van der Waals surface area contributed by atoms with Crippen molar-refractivity contribution in [3.63, 3.8) is 0 Å². The third-order valence-electron chi connectivity index (χ3n) is 6.95. The van der Waals surface area contributed by atoms with Gasteiger partial charge in [0.25, 0.3) is 5.91 Å². The summed E-state index contributed by atoms with van der Waals surface area (Å²) in [5.41, 5.74) is 11.3. The minimum absolute atomic E-state index is 0.00850. The third-order valence-corrected chi connectivity index (χ3v) is 6.95. The van der Waals surface area contributed by atoms with Gasteiger partial charge >= 0.3 is 12.2 Å². The number of hydrogen-bond acceptors (Lipinski definition) is 7. The van der Waals surface area contributed by atoms with E-state index in [1.165, 1.54) is 97.0 Å². The molecule has 1 aromatic heterocycles. The number of nitrogens with zero attached hydrogens (tertiary/aromatic N) is 1. The average Bonchev–Trinajstić information content (AvgIpc) is 2.98. The minimum atomic E-state index is -0.880. The van der Waals surface area contributed by atoms with Crippen LogP contribution in [0.1, 0.15) is 133 Å². The van der Waals surface area contributed by atoms with Crippen LogP contribution in [0, 0.1) is 0 Å². The number of nitrogens with two attached hydrogens (primary N) is 2. The van der Waals surface area contributed by atoms with Gasteiger partial charge < -0.3 is 31.0 Å². The third kappa shape index (κ3) is 23.8. The summed E-state index contributed by atoms with van der Waals surface area (Å²) in [7, 11) is 1.45. The van der Waals surface area contributed by atoms with Crippen molar-refractivity contribution in [1.29, 1.82) is 0 Å². The summed E-state index contributed by atoms with van der Waals surface area (Å²) < 4.78 is 14.7. The van der Waals surface area contributed by atoms with Crippen molar-refractivity contribution < 1.29 is 28.6 Å². The van der Waals surface area contributed by atoms with E-state index < -0.39 is 24.2 Å². The van der Waals surface area contributed by atoms with Crippen molar-refractivity contribution in [3.05, 3.63) is 29.6 Å². The summed E-state index contributed by atoms with van der Waals surface area (Å²) in [5.74, 6) is -0.456. The number of aromatic nitrogens is 1. The smallest absolute Gasteiger partial charge is 0.407 e. The molecule has 0 saturated carbocycles. The molecular weight excluding hydrogens is 536 g/mol. The first-order chi connectivity index (χ1) is 20.3. The normalized spacial score (nSPS) is 11.2. The summed E-state index contributed by atoms with van der Waals surface area (Å²) in [4.78, 5) is 36.8. The van der Waals surface area contributed by atoms with E-state index in [1.807, 2.05) is 13.0 Å². The highest BCUT2D eigenvalue weighted by Gasteiger charge is 2.12. The van der Waals surface area contributed by atoms with Gasteiger partial charge in [-0.3, -0.25) is 9.78 Å². The van der Waals surface area contributed by atoms with Crippen LogP contribution in [-0.2, 0) is 20.6 Å². The molecule has 42 heavy (non-hydrogen) atoms. The van der Waals surface area contributed by atoms with Gasteiger partial charge in [-0.25, -0.2) is 9.59 Å². The molecule has 0 radical (unpaired) electrons. The quantitative estimate of drug-likeness (QED) is 0.111. The highest BCUT2D eigenvalue weighted by atomic mass is 16.6. The van der Waals surface area contributed by atoms with Crippen LogP contribution in [-0.4, -0.2) is 56.0 Å². The van der Waals surface area contributed by atoms with Crippen molar-refractivity contribution in [2.45, 2.75) is 129 Å². The second kappa shape index (κ2) is 28.2. The second-order valence-corrected chi connectivity index (χ2v) is 10.5. The first-order valence-corrected chi connectivity index (χ1v) is 15.9. The fraction of sp³-hybridized carbons (Fsp3) is 0.750. The number of aryl methyl sites for hydroxylation is 1. The Hall–Kier alpha value is -2.88. The lowest BCUT2D eigenvalue weighted by Crippen LogP contribution is -2.32. The highest BCUT2D eigenvalue weighted by molar-refractivity contribution is 5.92. The Balaban J connectivity index is 0.00000126. The van der Waals surface area contributed by atoms with Gasteiger partial charge in [-0.15, -0.1) is 0 Å². The van der Waals surface area contributed by atoms with Crippen molar-refractivity contribution in [2.24, 2.45) is 11.5 Å². The van der Waals surface area contributed by atoms with Gasteiger partial charge in [0.05, 0.1) is 0 Å². The molecule has 0 aliphatic carbocycles. The highest BCUT2D eigenvalue weighted by Crippen LogP contribution is 2.13. The number of primary amides is 2. The summed E-state index contributed by atoms with van der Waals surface area (Å²) in [6.45, 7) is 4.80. The topological polar surface area (TPSA) is 156 Å². The largest absolute Gasteiger partial charge is 0.447 e. The zero-order valence-electron chi connectivity index (χ0n) is 26.5. The van der Waals surface area contributed by atoms with Gasteiger partial charge in [0.15, 0.2) is 0 Å². The monoisotopic (exact) mass is 594 g/mol. The molecule has 0 aromatic carbocycles. The van der Waals surface area contributed by atoms with Crippen LogP contribution in [0.25, 0.3) is 0 Å². The number of hydrogen-bond donors (Lipinski definition) is 3. The van der Waals surface area contributed by atoms with E-state index in [2.05, 4.69) is 22.0 Å². The molecule has 242 valence electrons. The van der Waals surface area contributed by atoms with Crippen molar-refractivity contribution in [1.82, 2.24) is 10.3 Å². The molecule has 0 aliphatic heterocycles. The van der Waals surface area contributed by atoms with E-state index in [9.17, 15) is 14.4 Å². The van der Waals surface area contributed by atoms with E-state index in [-0.39, 0.29) is 13.2 Å². The van der Waals surface area contributed by atoms with Crippen molar-refractivity contribution >= 4 is 18.1 Å². The number of alkyl carbamates (subject to hydrolysis) is 1. The number of amides is 3. The molecular formula is C32H58N4O6. The molecule has 10 heteroatoms. The zero-order chi connectivity index (χ0) is 31.3. The number of carbonyl (C=O) groups excluding carboxylic acids is 3. The Labute approximate surface area is 254 Å². The van der Waals surface area contributed by atoms with E-state index in [4.69, 9.17) is 20.9 Å². The van der Waals surface area contributed by atoms with Crippen LogP contribution < -0.4 is 16.8 Å². The molecule has 0 aliphatic rings. The second-order valence-electron chi connectivity index (χ2n) is 10.5. The zero-order valence-corrected chi connectivity index (χ0v) is 26.5. The van der Waals surface area contributed by atoms with Gasteiger partial charge in [-0.05, 0) is 24.5 Å². The van der Waals surface area contributed by atoms with Crippen LogP contribution in [0.4, 0.5) is 9.59 Å². The summed E-state index contributed by atoms with van der Waals surface area (Å²) in [6, 6.07) is 3.65. The van der Waals surface area contributed by atoms with Crippen LogP contribution in [0.2, 0.25) is 0 Å². The number of methoxy groups -OCH3 is 1. The number of unbranched alkanes of at least 4 members (excludes halogenated alkanes) is 15. The molecule has 0 bridgehead atoms. The first-order valence-electron chi connectivity index (χ1n) is 15.9. The van der Waals surface area contributed by atoms with Gasteiger partial charge in [0.1, 0.15) is 25.0 Å². The summed E-state index contributed by atoms with van der Waals surface area (Å²) in [6.07, 6.45) is 21.7. The Bertz CT molecular complexity index is 824. The fourth-order valence-electron chi connectivity index (χ4n) is 4.39. The van der Waals surface area contributed by atoms with Crippen LogP contribution in [0.3, 0.4) is 0 Å². The fourth-order valence-corrected chi connectivity index (χ4v) is 4.39. The molecule has 1 aromatic rings. The number of carbonyl (C=O) groups is 3. The molecule has 10 nitrogen and oxygen atoms in total. The molecule has 5 N–H and O–H groups in total. The van der Waals surface area contributed by atoms with E-state index >= 15 is 0 Å². The van der Waals surface area contributed by atoms with E-state index in [1.54, 1.807) is 12.3 Å². The first kappa shape index (κ1) is 39.1. The Morgan fingerprint density at radius 3 is 1.71 bits per heavy atom. The lowest BCUT2D eigenvalue weighted by Gasteiger charge is -2.15. The van der Waals surface area contributed by atoms with Gasteiger partial charge in [-0.1, -0.05) is 116 Å². The predicted molar refractivity (Wildman–Crippen MR) is 167 cm³/mol. The van der Waals surface area contributed by atoms with Gasteiger partial charge in [-0.2, -0.15) is 0 Å². The Morgan fingerprint density at radius 1 is 0.786 bits per heavy atom. The molecule has 0 fully saturated rings. The molecule has 1 heterocycles. The van der Waals surface area contributed by atoms with Crippen molar-refractivity contribution in [3.8, 4) is 0 Å². The molecule has 1 rings (SSSR count). The van der Waals surface area contributed by atoms with Gasteiger partial charge in [0.2, 0.25) is 0 Å². The van der Waals surface area contributed by atoms with Crippen LogP contribution >= 0.6 is 0 Å². The molecule has 1 unspecified atom stereocenters. The Morgan fingerprint density at radius 2 is 1.29 bits per heavy atom. The van der Waals surface area contributed by atoms with Crippen molar-refractivity contribution in [2.75, 3.05) is 26.9 Å². The maximum atomic E-state index is 11.6. The number of rotatable bonds is 24. The predicted octanol–water partition coefficient (Wildman–Crippen LogP) is 6.83. The lowest BCUT2D eigenvalue weighted by atomic mass is 10.0.